The quantitative estimate of drug-likeness (QED) is 0.614. The van der Waals surface area contributed by atoms with E-state index in [9.17, 15) is 14.9 Å². The predicted octanol–water partition coefficient (Wildman–Crippen LogP) is 2.52. The van der Waals surface area contributed by atoms with Gasteiger partial charge in [0.25, 0.3) is 5.69 Å². The van der Waals surface area contributed by atoms with Crippen LogP contribution in [0.2, 0.25) is 0 Å². The molecule has 2 aromatic rings. The highest BCUT2D eigenvalue weighted by Crippen LogP contribution is 2.30. The van der Waals surface area contributed by atoms with Gasteiger partial charge in [-0.25, -0.2) is 0 Å². The standard InChI is InChI=1S/C20H22N4O3/c25-20-19(10-11-23(20)16-6-2-1-3-7-16)22-14-12-21(13-15-22)17-8-4-5-9-18(17)24(26)27/h1-9,19H,10-15H2. The fraction of sp³-hybridized carbons (Fsp3) is 0.350. The van der Waals surface area contributed by atoms with Gasteiger partial charge >= 0.3 is 0 Å². The fourth-order valence-electron chi connectivity index (χ4n) is 4.03. The number of amides is 1. The van der Waals surface area contributed by atoms with Crippen LogP contribution in [-0.4, -0.2) is 54.5 Å². The molecule has 0 aliphatic carbocycles. The maximum absolute atomic E-state index is 12.9. The molecule has 2 aromatic carbocycles. The molecule has 0 aromatic heterocycles. The molecule has 140 valence electrons. The monoisotopic (exact) mass is 366 g/mol. The average molecular weight is 366 g/mol. The van der Waals surface area contributed by atoms with E-state index in [1.54, 1.807) is 18.2 Å². The normalized spacial score (nSPS) is 20.9. The van der Waals surface area contributed by atoms with Crippen LogP contribution in [0.4, 0.5) is 17.1 Å². The Kier molecular flexibility index (Phi) is 4.77. The van der Waals surface area contributed by atoms with Gasteiger partial charge in [-0.3, -0.25) is 19.8 Å². The molecule has 7 nitrogen and oxygen atoms in total. The molecule has 2 saturated heterocycles. The summed E-state index contributed by atoms with van der Waals surface area (Å²) in [5.74, 6) is 0.153. The first-order valence-corrected chi connectivity index (χ1v) is 9.24. The summed E-state index contributed by atoms with van der Waals surface area (Å²) in [6.07, 6.45) is 0.819. The summed E-state index contributed by atoms with van der Waals surface area (Å²) in [5.41, 5.74) is 1.74. The van der Waals surface area contributed by atoms with Crippen molar-refractivity contribution < 1.29 is 9.72 Å². The Morgan fingerprint density at radius 2 is 1.56 bits per heavy atom. The van der Waals surface area contributed by atoms with E-state index in [-0.39, 0.29) is 22.6 Å². The lowest BCUT2D eigenvalue weighted by Gasteiger charge is -2.38. The molecule has 0 spiro atoms. The molecule has 2 aliphatic heterocycles. The van der Waals surface area contributed by atoms with Crippen LogP contribution in [0.3, 0.4) is 0 Å². The number of anilines is 2. The summed E-state index contributed by atoms with van der Waals surface area (Å²) in [5, 5.41) is 11.3. The smallest absolute Gasteiger partial charge is 0.292 e. The van der Waals surface area contributed by atoms with Gasteiger partial charge in [0.1, 0.15) is 5.69 Å². The SMILES string of the molecule is O=C1C(N2CCN(c3ccccc3[N+](=O)[O-])CC2)CCN1c1ccccc1. The van der Waals surface area contributed by atoms with Crippen LogP contribution < -0.4 is 9.80 Å². The van der Waals surface area contributed by atoms with Crippen molar-refractivity contribution in [1.29, 1.82) is 0 Å². The highest BCUT2D eigenvalue weighted by molar-refractivity contribution is 5.99. The number of hydrogen-bond acceptors (Lipinski definition) is 5. The van der Waals surface area contributed by atoms with Crippen LogP contribution in [-0.2, 0) is 4.79 Å². The molecule has 0 radical (unpaired) electrons. The summed E-state index contributed by atoms with van der Waals surface area (Å²) in [4.78, 5) is 29.9. The molecule has 0 bridgehead atoms. The molecule has 2 heterocycles. The van der Waals surface area contributed by atoms with Crippen LogP contribution in [0, 0.1) is 10.1 Å². The lowest BCUT2D eigenvalue weighted by atomic mass is 10.1. The zero-order chi connectivity index (χ0) is 18.8. The zero-order valence-corrected chi connectivity index (χ0v) is 15.0. The number of nitro groups is 1. The largest absolute Gasteiger partial charge is 0.363 e. The van der Waals surface area contributed by atoms with Gasteiger partial charge in [0.05, 0.1) is 11.0 Å². The fourth-order valence-corrected chi connectivity index (χ4v) is 4.03. The van der Waals surface area contributed by atoms with E-state index >= 15 is 0 Å². The first kappa shape index (κ1) is 17.5. The zero-order valence-electron chi connectivity index (χ0n) is 15.0. The molecule has 4 rings (SSSR count). The number of carbonyl (C=O) groups is 1. The Labute approximate surface area is 157 Å². The van der Waals surface area contributed by atoms with E-state index in [0.29, 0.717) is 18.8 Å². The van der Waals surface area contributed by atoms with E-state index < -0.39 is 0 Å². The minimum atomic E-state index is -0.333. The third kappa shape index (κ3) is 3.38. The number of hydrogen-bond donors (Lipinski definition) is 0. The number of para-hydroxylation sites is 3. The Hall–Kier alpha value is -2.93. The molecule has 27 heavy (non-hydrogen) atoms. The van der Waals surface area contributed by atoms with Crippen molar-refractivity contribution in [2.45, 2.75) is 12.5 Å². The van der Waals surface area contributed by atoms with Gasteiger partial charge in [-0.15, -0.1) is 0 Å². The summed E-state index contributed by atoms with van der Waals surface area (Å²) in [6, 6.07) is 16.5. The van der Waals surface area contributed by atoms with Gasteiger partial charge < -0.3 is 9.80 Å². The third-order valence-corrected chi connectivity index (χ3v) is 5.42. The van der Waals surface area contributed by atoms with Crippen molar-refractivity contribution in [3.05, 3.63) is 64.7 Å². The van der Waals surface area contributed by atoms with Crippen LogP contribution in [0.1, 0.15) is 6.42 Å². The molecule has 1 atom stereocenters. The number of benzene rings is 2. The Morgan fingerprint density at radius 3 is 2.26 bits per heavy atom. The molecule has 1 unspecified atom stereocenters. The molecule has 2 fully saturated rings. The number of piperazine rings is 1. The van der Waals surface area contributed by atoms with E-state index in [0.717, 1.165) is 31.7 Å². The number of carbonyl (C=O) groups excluding carboxylic acids is 1. The lowest BCUT2D eigenvalue weighted by Crippen LogP contribution is -2.52. The van der Waals surface area contributed by atoms with Crippen molar-refractivity contribution in [3.63, 3.8) is 0 Å². The van der Waals surface area contributed by atoms with E-state index in [2.05, 4.69) is 4.90 Å². The van der Waals surface area contributed by atoms with Crippen LogP contribution in [0.5, 0.6) is 0 Å². The van der Waals surface area contributed by atoms with Gasteiger partial charge in [0.15, 0.2) is 0 Å². The number of nitrogens with zero attached hydrogens (tertiary/aromatic N) is 4. The van der Waals surface area contributed by atoms with E-state index in [1.807, 2.05) is 46.2 Å². The summed E-state index contributed by atoms with van der Waals surface area (Å²) in [6.45, 7) is 3.55. The molecule has 0 N–H and O–H groups in total. The van der Waals surface area contributed by atoms with Crippen LogP contribution in [0.25, 0.3) is 0 Å². The van der Waals surface area contributed by atoms with Gasteiger partial charge in [-0.2, -0.15) is 0 Å². The second-order valence-electron chi connectivity index (χ2n) is 6.90. The van der Waals surface area contributed by atoms with Crippen molar-refractivity contribution in [3.8, 4) is 0 Å². The molecular weight excluding hydrogens is 344 g/mol. The first-order valence-electron chi connectivity index (χ1n) is 9.24. The van der Waals surface area contributed by atoms with E-state index in [4.69, 9.17) is 0 Å². The Bertz CT molecular complexity index is 834. The highest BCUT2D eigenvalue weighted by atomic mass is 16.6. The second-order valence-corrected chi connectivity index (χ2v) is 6.90. The number of rotatable bonds is 4. The molecule has 2 aliphatic rings. The maximum atomic E-state index is 12.9. The summed E-state index contributed by atoms with van der Waals surface area (Å²) in [7, 11) is 0. The molecular formula is C20H22N4O3. The first-order chi connectivity index (χ1) is 13.1. The Morgan fingerprint density at radius 1 is 0.889 bits per heavy atom. The van der Waals surface area contributed by atoms with Crippen molar-refractivity contribution in [1.82, 2.24) is 4.90 Å². The predicted molar refractivity (Wildman–Crippen MR) is 104 cm³/mol. The van der Waals surface area contributed by atoms with Crippen LogP contribution >= 0.6 is 0 Å². The minimum Gasteiger partial charge on any atom is -0.363 e. The van der Waals surface area contributed by atoms with Gasteiger partial charge in [-0.05, 0) is 24.6 Å². The summed E-state index contributed by atoms with van der Waals surface area (Å²) >= 11 is 0. The van der Waals surface area contributed by atoms with E-state index in [1.165, 1.54) is 0 Å². The topological polar surface area (TPSA) is 69.9 Å². The van der Waals surface area contributed by atoms with Gasteiger partial charge in [-0.1, -0.05) is 30.3 Å². The summed E-state index contributed by atoms with van der Waals surface area (Å²) < 4.78 is 0. The Balaban J connectivity index is 1.42. The van der Waals surface area contributed by atoms with Crippen molar-refractivity contribution >= 4 is 23.0 Å². The van der Waals surface area contributed by atoms with Crippen LogP contribution in [0.15, 0.2) is 54.6 Å². The second kappa shape index (κ2) is 7.36. The minimum absolute atomic E-state index is 0.0990. The molecule has 7 heteroatoms. The molecule has 1 amide bonds. The molecule has 0 saturated carbocycles. The van der Waals surface area contributed by atoms with Crippen molar-refractivity contribution in [2.24, 2.45) is 0 Å². The third-order valence-electron chi connectivity index (χ3n) is 5.42. The van der Waals surface area contributed by atoms with Gasteiger partial charge in [0, 0.05) is 44.5 Å². The van der Waals surface area contributed by atoms with Crippen molar-refractivity contribution in [2.75, 3.05) is 42.5 Å². The van der Waals surface area contributed by atoms with Gasteiger partial charge in [0.2, 0.25) is 5.91 Å². The highest BCUT2D eigenvalue weighted by Gasteiger charge is 2.38. The average Bonchev–Trinajstić information content (AvgIpc) is 3.10. The maximum Gasteiger partial charge on any atom is 0.292 e. The lowest BCUT2D eigenvalue weighted by molar-refractivity contribution is -0.384. The number of nitro benzene ring substituents is 1.